The van der Waals surface area contributed by atoms with Crippen molar-refractivity contribution in [1.29, 1.82) is 0 Å². The number of likely N-dealkylation sites (tertiary alicyclic amines) is 1. The van der Waals surface area contributed by atoms with Gasteiger partial charge in [-0.1, -0.05) is 102 Å². The average molecular weight is 748 g/mol. The lowest BCUT2D eigenvalue weighted by Gasteiger charge is -2.30. The van der Waals surface area contributed by atoms with Gasteiger partial charge in [-0.05, 0) is 61.0 Å². The van der Waals surface area contributed by atoms with Crippen LogP contribution in [0.2, 0.25) is 0 Å². The van der Waals surface area contributed by atoms with Crippen molar-refractivity contribution in [2.24, 2.45) is 23.5 Å². The highest BCUT2D eigenvalue weighted by Crippen LogP contribution is 2.14. The van der Waals surface area contributed by atoms with Crippen LogP contribution in [0.4, 0.5) is 4.79 Å². The Balaban J connectivity index is 1.88. The molecule has 1 saturated heterocycles. The highest BCUT2D eigenvalue weighted by atomic mass is 16.2. The lowest BCUT2D eigenvalue weighted by Crippen LogP contribution is -2.61. The molecule has 13 nitrogen and oxygen atoms in total. The topological polar surface area (TPSA) is 192 Å². The molecule has 0 radical (unpaired) electrons. The fourth-order valence-corrected chi connectivity index (χ4v) is 6.47. The number of piperidine rings is 1. The Morgan fingerprint density at radius 1 is 0.556 bits per heavy atom. The van der Waals surface area contributed by atoms with Crippen molar-refractivity contribution in [3.05, 3.63) is 71.8 Å². The minimum atomic E-state index is -1.14. The monoisotopic (exact) mass is 747 g/mol. The van der Waals surface area contributed by atoms with Crippen LogP contribution < -0.4 is 32.3 Å². The highest BCUT2D eigenvalue weighted by molar-refractivity contribution is 5.96. The van der Waals surface area contributed by atoms with Crippen LogP contribution in [0.3, 0.4) is 0 Å². The summed E-state index contributed by atoms with van der Waals surface area (Å²) < 4.78 is 0. The van der Waals surface area contributed by atoms with Crippen LogP contribution in [0, 0.1) is 17.8 Å². The number of carbonyl (C=O) groups excluding carboxylic acids is 6. The molecule has 296 valence electrons. The van der Waals surface area contributed by atoms with Crippen LogP contribution in [-0.2, 0) is 36.8 Å². The molecule has 54 heavy (non-hydrogen) atoms. The van der Waals surface area contributed by atoms with E-state index in [4.69, 9.17) is 5.73 Å². The van der Waals surface area contributed by atoms with E-state index in [9.17, 15) is 28.8 Å². The van der Waals surface area contributed by atoms with Crippen LogP contribution in [0.1, 0.15) is 84.8 Å². The van der Waals surface area contributed by atoms with Crippen LogP contribution in [-0.4, -0.2) is 83.8 Å². The van der Waals surface area contributed by atoms with E-state index in [0.29, 0.717) is 25.9 Å². The number of rotatable bonds is 19. The molecule has 7 amide bonds. The minimum Gasteiger partial charge on any atom is -0.368 e. The van der Waals surface area contributed by atoms with E-state index in [0.717, 1.165) is 30.4 Å². The van der Waals surface area contributed by atoms with E-state index >= 15 is 0 Å². The van der Waals surface area contributed by atoms with E-state index in [1.807, 2.05) is 88.4 Å². The maximum Gasteiger partial charge on any atom is 0.318 e. The second-order valence-electron chi connectivity index (χ2n) is 15.5. The van der Waals surface area contributed by atoms with Crippen molar-refractivity contribution >= 4 is 35.6 Å². The number of nitrogens with one attached hydrogen (secondary N) is 5. The van der Waals surface area contributed by atoms with E-state index < -0.39 is 59.7 Å². The Hall–Kier alpha value is -4.94. The SMILES string of the molecule is CC(C)C[C@@H](NC(=O)[C@H](NC(=O)[C@@H](Cc1ccccc1)NC(=O)[C@@H](Cc1ccccc1)NC(=O)[C@@H](CC(C)C)NC(=O)N1CCCCC1)C(C)C)C(N)=O. The first-order valence-corrected chi connectivity index (χ1v) is 19.3. The summed E-state index contributed by atoms with van der Waals surface area (Å²) in [5, 5.41) is 14.2. The number of nitrogens with two attached hydrogens (primary N) is 1. The molecule has 1 heterocycles. The van der Waals surface area contributed by atoms with Gasteiger partial charge in [0.1, 0.15) is 30.2 Å². The summed E-state index contributed by atoms with van der Waals surface area (Å²) in [5.41, 5.74) is 7.12. The fraction of sp³-hybridized carbons (Fsp3) is 0.561. The molecule has 0 aromatic heterocycles. The lowest BCUT2D eigenvalue weighted by molar-refractivity contribution is -0.135. The normalized spacial score (nSPS) is 15.8. The van der Waals surface area contributed by atoms with Gasteiger partial charge < -0.3 is 37.2 Å². The number of benzene rings is 2. The van der Waals surface area contributed by atoms with Crippen molar-refractivity contribution in [2.75, 3.05) is 13.1 Å². The molecule has 0 spiro atoms. The summed E-state index contributed by atoms with van der Waals surface area (Å²) in [6.45, 7) is 12.5. The van der Waals surface area contributed by atoms with Gasteiger partial charge >= 0.3 is 6.03 Å². The molecule has 7 N–H and O–H groups in total. The van der Waals surface area contributed by atoms with E-state index in [1.54, 1.807) is 18.7 Å². The van der Waals surface area contributed by atoms with Crippen LogP contribution >= 0.6 is 0 Å². The zero-order chi connectivity index (χ0) is 39.8. The average Bonchev–Trinajstić information content (AvgIpc) is 3.13. The second kappa shape index (κ2) is 21.7. The molecule has 1 aliphatic heterocycles. The van der Waals surface area contributed by atoms with Crippen LogP contribution in [0.5, 0.6) is 0 Å². The summed E-state index contributed by atoms with van der Waals surface area (Å²) in [6, 6.07) is 12.9. The maximum atomic E-state index is 14.2. The quantitative estimate of drug-likeness (QED) is 0.128. The van der Waals surface area contributed by atoms with Gasteiger partial charge in [0, 0.05) is 25.9 Å². The molecule has 3 rings (SSSR count). The highest BCUT2D eigenvalue weighted by Gasteiger charge is 2.34. The van der Waals surface area contributed by atoms with Crippen molar-refractivity contribution in [3.63, 3.8) is 0 Å². The molecule has 5 atom stereocenters. The standard InChI is InChI=1S/C41H61N7O6/c1-26(2)22-31(36(42)49)43-40(53)35(28(5)6)47-39(52)34(25-30-18-12-8-13-19-30)45-38(51)33(24-29-16-10-7-11-17-29)44-37(50)32(23-27(3)4)46-41(54)48-20-14-9-15-21-48/h7-8,10-13,16-19,26-28,31-35H,9,14-15,20-25H2,1-6H3,(H2,42,49)(H,43,53)(H,44,50)(H,45,51)(H,46,54)(H,47,52)/t31-,32-,33-,34-,35-/m1/s1. The third-order valence-corrected chi connectivity index (χ3v) is 9.41. The van der Waals surface area contributed by atoms with E-state index in [2.05, 4.69) is 26.6 Å². The molecular formula is C41H61N7O6. The molecular weight excluding hydrogens is 686 g/mol. The molecule has 2 aromatic carbocycles. The Kier molecular flexibility index (Phi) is 17.5. The summed E-state index contributed by atoms with van der Waals surface area (Å²) in [6.07, 6.45) is 3.76. The predicted octanol–water partition coefficient (Wildman–Crippen LogP) is 3.21. The first kappa shape index (κ1) is 43.5. The van der Waals surface area contributed by atoms with Gasteiger partial charge in [0.2, 0.25) is 29.5 Å². The number of nitrogens with zero attached hydrogens (tertiary/aromatic N) is 1. The first-order chi connectivity index (χ1) is 25.6. The number of hydrogen-bond donors (Lipinski definition) is 6. The summed E-state index contributed by atoms with van der Waals surface area (Å²) in [5.74, 6) is -3.19. The van der Waals surface area contributed by atoms with Gasteiger partial charge in [-0.15, -0.1) is 0 Å². The largest absolute Gasteiger partial charge is 0.368 e. The lowest BCUT2D eigenvalue weighted by atomic mass is 9.98. The number of urea groups is 1. The van der Waals surface area contributed by atoms with Crippen molar-refractivity contribution in [3.8, 4) is 0 Å². The van der Waals surface area contributed by atoms with Crippen molar-refractivity contribution in [1.82, 2.24) is 31.5 Å². The van der Waals surface area contributed by atoms with Gasteiger partial charge in [0.05, 0.1) is 0 Å². The molecule has 0 bridgehead atoms. The first-order valence-electron chi connectivity index (χ1n) is 19.3. The Morgan fingerprint density at radius 3 is 1.43 bits per heavy atom. The summed E-state index contributed by atoms with van der Waals surface area (Å²) in [4.78, 5) is 82.7. The van der Waals surface area contributed by atoms with E-state index in [1.165, 1.54) is 0 Å². The molecule has 1 aliphatic rings. The van der Waals surface area contributed by atoms with Crippen LogP contribution in [0.15, 0.2) is 60.7 Å². The Bertz CT molecular complexity index is 1530. The third kappa shape index (κ3) is 14.5. The number of amides is 7. The van der Waals surface area contributed by atoms with Gasteiger partial charge in [0.15, 0.2) is 0 Å². The third-order valence-electron chi connectivity index (χ3n) is 9.41. The van der Waals surface area contributed by atoms with Gasteiger partial charge in [-0.3, -0.25) is 24.0 Å². The Labute approximate surface area is 320 Å². The molecule has 0 unspecified atom stereocenters. The summed E-state index contributed by atoms with van der Waals surface area (Å²) in [7, 11) is 0. The molecule has 0 aliphatic carbocycles. The van der Waals surface area contributed by atoms with E-state index in [-0.39, 0.29) is 36.6 Å². The maximum absolute atomic E-state index is 14.2. The molecule has 13 heteroatoms. The zero-order valence-corrected chi connectivity index (χ0v) is 32.7. The number of hydrogen-bond acceptors (Lipinski definition) is 6. The van der Waals surface area contributed by atoms with Gasteiger partial charge in [-0.25, -0.2) is 4.79 Å². The van der Waals surface area contributed by atoms with Crippen molar-refractivity contribution < 1.29 is 28.8 Å². The smallest absolute Gasteiger partial charge is 0.318 e. The van der Waals surface area contributed by atoms with Gasteiger partial charge in [-0.2, -0.15) is 0 Å². The fourth-order valence-electron chi connectivity index (χ4n) is 6.47. The molecule has 2 aromatic rings. The van der Waals surface area contributed by atoms with Crippen molar-refractivity contribution in [2.45, 2.75) is 117 Å². The minimum absolute atomic E-state index is 0.0671. The molecule has 1 fully saturated rings. The second-order valence-corrected chi connectivity index (χ2v) is 15.5. The molecule has 0 saturated carbocycles. The number of primary amides is 1. The van der Waals surface area contributed by atoms with Crippen LogP contribution in [0.25, 0.3) is 0 Å². The number of carbonyl (C=O) groups is 6. The predicted molar refractivity (Wildman–Crippen MR) is 209 cm³/mol. The summed E-state index contributed by atoms with van der Waals surface area (Å²) >= 11 is 0. The Morgan fingerprint density at radius 2 is 0.981 bits per heavy atom. The zero-order valence-electron chi connectivity index (χ0n) is 32.7. The van der Waals surface area contributed by atoms with Gasteiger partial charge in [0.25, 0.3) is 0 Å².